The van der Waals surface area contributed by atoms with Gasteiger partial charge in [0.1, 0.15) is 23.9 Å². The number of nitrogens with zero attached hydrogens (tertiary/aromatic N) is 3. The van der Waals surface area contributed by atoms with Crippen LogP contribution in [0.4, 0.5) is 0 Å². The number of carbonyl (C=O) groups excluding carboxylic acids is 1. The lowest BCUT2D eigenvalue weighted by Crippen LogP contribution is -2.27. The van der Waals surface area contributed by atoms with Gasteiger partial charge in [-0.15, -0.1) is 0 Å². The molecule has 0 unspecified atom stereocenters. The van der Waals surface area contributed by atoms with Crippen LogP contribution in [-0.4, -0.2) is 63.0 Å². The molecule has 10 nitrogen and oxygen atoms in total. The van der Waals surface area contributed by atoms with Gasteiger partial charge in [0.05, 0.1) is 16.8 Å². The fourth-order valence-electron chi connectivity index (χ4n) is 4.01. The number of nitrogens with one attached hydrogen (secondary N) is 2. The quantitative estimate of drug-likeness (QED) is 0.258. The molecule has 4 rings (SSSR count). The van der Waals surface area contributed by atoms with Crippen molar-refractivity contribution in [2.45, 2.75) is 13.5 Å². The van der Waals surface area contributed by atoms with Crippen LogP contribution < -0.4 is 15.7 Å². The molecule has 37 heavy (non-hydrogen) atoms. The lowest BCUT2D eigenvalue weighted by atomic mass is 10.1. The average Bonchev–Trinajstić information content (AvgIpc) is 3.26. The van der Waals surface area contributed by atoms with Crippen LogP contribution in [0.3, 0.4) is 0 Å². The number of phenolic OH excluding ortho intramolecular Hbond substituents is 2. The molecular formula is C27H29N5O5. The topological polar surface area (TPSA) is 133 Å². The molecule has 0 saturated carbocycles. The minimum atomic E-state index is -0.503. The Morgan fingerprint density at radius 2 is 1.84 bits per heavy atom. The van der Waals surface area contributed by atoms with Gasteiger partial charge >= 0.3 is 5.69 Å². The minimum absolute atomic E-state index is 0.0457. The van der Waals surface area contributed by atoms with Crippen LogP contribution in [-0.2, 0) is 6.54 Å². The van der Waals surface area contributed by atoms with Gasteiger partial charge in [0.2, 0.25) is 0 Å². The van der Waals surface area contributed by atoms with Gasteiger partial charge in [0.15, 0.2) is 5.82 Å². The number of rotatable bonds is 9. The number of para-hydroxylation sites is 2. The molecule has 1 amide bonds. The number of ether oxygens (including phenoxy) is 1. The Balaban J connectivity index is 1.68. The smallest absolute Gasteiger partial charge is 0.348 e. The monoisotopic (exact) mass is 503 g/mol. The van der Waals surface area contributed by atoms with E-state index in [0.29, 0.717) is 24.6 Å². The SMILES string of the molecule is CNCCOc1ccccc1CN(C)C(=O)c1cc(-c2n[nH]c(=O)n2-c2ccccc2C)c(O)cc1O. The molecule has 0 atom stereocenters. The highest BCUT2D eigenvalue weighted by Crippen LogP contribution is 2.35. The number of hydrogen-bond donors (Lipinski definition) is 4. The minimum Gasteiger partial charge on any atom is -0.507 e. The van der Waals surface area contributed by atoms with Crippen molar-refractivity contribution in [2.24, 2.45) is 0 Å². The molecule has 0 radical (unpaired) electrons. The fourth-order valence-corrected chi connectivity index (χ4v) is 4.01. The number of aromatic hydroxyl groups is 2. The number of likely N-dealkylation sites (N-methyl/N-ethyl adjacent to an activating group) is 1. The maximum atomic E-state index is 13.4. The molecule has 192 valence electrons. The van der Waals surface area contributed by atoms with Crippen molar-refractivity contribution in [1.29, 1.82) is 0 Å². The number of amides is 1. The van der Waals surface area contributed by atoms with Gasteiger partial charge < -0.3 is 25.2 Å². The Bertz CT molecular complexity index is 1480. The third kappa shape index (κ3) is 5.34. The zero-order valence-corrected chi connectivity index (χ0v) is 20.9. The van der Waals surface area contributed by atoms with Gasteiger partial charge in [-0.2, -0.15) is 5.10 Å². The van der Waals surface area contributed by atoms with Gasteiger partial charge in [-0.05, 0) is 37.7 Å². The second kappa shape index (κ2) is 11.0. The van der Waals surface area contributed by atoms with E-state index in [4.69, 9.17) is 4.74 Å². The molecule has 1 heterocycles. The highest BCUT2D eigenvalue weighted by atomic mass is 16.5. The Hall–Kier alpha value is -4.57. The van der Waals surface area contributed by atoms with Gasteiger partial charge in [-0.25, -0.2) is 14.5 Å². The Morgan fingerprint density at radius 1 is 1.11 bits per heavy atom. The van der Waals surface area contributed by atoms with Gasteiger partial charge in [-0.1, -0.05) is 36.4 Å². The highest BCUT2D eigenvalue weighted by Gasteiger charge is 2.24. The van der Waals surface area contributed by atoms with Crippen molar-refractivity contribution in [2.75, 3.05) is 27.2 Å². The molecule has 4 N–H and O–H groups in total. The van der Waals surface area contributed by atoms with Gasteiger partial charge in [0, 0.05) is 31.8 Å². The van der Waals surface area contributed by atoms with Crippen LogP contribution in [0.1, 0.15) is 21.5 Å². The van der Waals surface area contributed by atoms with E-state index in [1.165, 1.54) is 15.5 Å². The molecule has 0 aliphatic heterocycles. The summed E-state index contributed by atoms with van der Waals surface area (Å²) in [5, 5.41) is 30.7. The van der Waals surface area contributed by atoms with Crippen molar-refractivity contribution in [1.82, 2.24) is 25.0 Å². The molecule has 10 heteroatoms. The first-order valence-electron chi connectivity index (χ1n) is 11.7. The normalized spacial score (nSPS) is 10.9. The molecule has 3 aromatic carbocycles. The van der Waals surface area contributed by atoms with Crippen LogP contribution in [0.15, 0.2) is 65.5 Å². The van der Waals surface area contributed by atoms with Crippen LogP contribution in [0, 0.1) is 6.92 Å². The number of benzene rings is 3. The summed E-state index contributed by atoms with van der Waals surface area (Å²) in [6, 6.07) is 17.1. The second-order valence-electron chi connectivity index (χ2n) is 8.58. The van der Waals surface area contributed by atoms with Crippen LogP contribution in [0.5, 0.6) is 17.2 Å². The number of aryl methyl sites for hydroxylation is 1. The largest absolute Gasteiger partial charge is 0.507 e. The van der Waals surface area contributed by atoms with Gasteiger partial charge in [0.25, 0.3) is 5.91 Å². The first-order valence-corrected chi connectivity index (χ1v) is 11.7. The lowest BCUT2D eigenvalue weighted by Gasteiger charge is -2.20. The van der Waals surface area contributed by atoms with E-state index in [0.717, 1.165) is 17.2 Å². The molecule has 4 aromatic rings. The fraction of sp³-hybridized carbons (Fsp3) is 0.222. The summed E-state index contributed by atoms with van der Waals surface area (Å²) in [5.74, 6) is -0.432. The standard InChI is InChI=1S/C27H29N5O5/c1-17-8-4-6-10-21(17)32-25(29-30-27(32)36)19-14-20(23(34)15-22(19)33)26(35)31(3)16-18-9-5-7-11-24(18)37-13-12-28-2/h4-11,14-15,28,33-34H,12-13,16H2,1-3H3,(H,30,36). The van der Waals surface area contributed by atoms with E-state index in [1.54, 1.807) is 19.2 Å². The first-order chi connectivity index (χ1) is 17.8. The third-order valence-electron chi connectivity index (χ3n) is 5.95. The molecular weight excluding hydrogens is 474 g/mol. The number of phenols is 2. The summed E-state index contributed by atoms with van der Waals surface area (Å²) < 4.78 is 7.14. The summed E-state index contributed by atoms with van der Waals surface area (Å²) in [6.45, 7) is 3.22. The number of hydrogen-bond acceptors (Lipinski definition) is 7. The first kappa shape index (κ1) is 25.5. The summed E-state index contributed by atoms with van der Waals surface area (Å²) in [7, 11) is 3.44. The summed E-state index contributed by atoms with van der Waals surface area (Å²) in [5.41, 5.74) is 1.76. The van der Waals surface area contributed by atoms with Crippen LogP contribution >= 0.6 is 0 Å². The summed E-state index contributed by atoms with van der Waals surface area (Å²) in [6.07, 6.45) is 0. The van der Waals surface area contributed by atoms with Crippen molar-refractivity contribution in [3.63, 3.8) is 0 Å². The number of aromatic amines is 1. The van der Waals surface area contributed by atoms with Crippen LogP contribution in [0.2, 0.25) is 0 Å². The molecule has 0 bridgehead atoms. The highest BCUT2D eigenvalue weighted by molar-refractivity contribution is 5.98. The van der Waals surface area contributed by atoms with Crippen LogP contribution in [0.25, 0.3) is 17.1 Å². The van der Waals surface area contributed by atoms with Crippen molar-refractivity contribution in [3.05, 3.63) is 87.8 Å². The van der Waals surface area contributed by atoms with E-state index >= 15 is 0 Å². The number of carbonyl (C=O) groups is 1. The zero-order chi connectivity index (χ0) is 26.5. The maximum absolute atomic E-state index is 13.4. The molecule has 0 saturated heterocycles. The maximum Gasteiger partial charge on any atom is 0.348 e. The Labute approximate surface area is 213 Å². The molecule has 0 aliphatic carbocycles. The average molecular weight is 504 g/mol. The van der Waals surface area contributed by atoms with Crippen molar-refractivity contribution >= 4 is 5.91 Å². The van der Waals surface area contributed by atoms with E-state index in [1.807, 2.05) is 50.4 Å². The summed E-state index contributed by atoms with van der Waals surface area (Å²) >= 11 is 0. The van der Waals surface area contributed by atoms with E-state index in [2.05, 4.69) is 15.5 Å². The Kier molecular flexibility index (Phi) is 7.59. The molecule has 0 spiro atoms. The Morgan fingerprint density at radius 3 is 2.59 bits per heavy atom. The number of aromatic nitrogens is 3. The van der Waals surface area contributed by atoms with Gasteiger partial charge in [-0.3, -0.25) is 4.79 Å². The predicted octanol–water partition coefficient (Wildman–Crippen LogP) is 2.82. The van der Waals surface area contributed by atoms with E-state index in [-0.39, 0.29) is 29.2 Å². The lowest BCUT2D eigenvalue weighted by molar-refractivity contribution is 0.0781. The number of H-pyrrole nitrogens is 1. The predicted molar refractivity (Wildman–Crippen MR) is 139 cm³/mol. The molecule has 1 aromatic heterocycles. The second-order valence-corrected chi connectivity index (χ2v) is 8.58. The molecule has 0 aliphatic rings. The van der Waals surface area contributed by atoms with E-state index in [9.17, 15) is 19.8 Å². The molecule has 0 fully saturated rings. The summed E-state index contributed by atoms with van der Waals surface area (Å²) in [4.78, 5) is 27.5. The van der Waals surface area contributed by atoms with E-state index < -0.39 is 17.3 Å². The third-order valence-corrected chi connectivity index (χ3v) is 5.95. The zero-order valence-electron chi connectivity index (χ0n) is 20.9. The van der Waals surface area contributed by atoms with Crippen molar-refractivity contribution < 1.29 is 19.7 Å². The van der Waals surface area contributed by atoms with Crippen molar-refractivity contribution in [3.8, 4) is 34.3 Å².